The van der Waals surface area contributed by atoms with Crippen LogP contribution in [0.4, 0.5) is 5.69 Å². The fourth-order valence-electron chi connectivity index (χ4n) is 8.42. The van der Waals surface area contributed by atoms with Crippen molar-refractivity contribution in [2.75, 3.05) is 5.32 Å². The fraction of sp³-hybridized carbons (Fsp3) is 0.0385. The highest BCUT2D eigenvalue weighted by molar-refractivity contribution is 6.27. The molecule has 10 rings (SSSR count). The maximum Gasteiger partial charge on any atom is 0.105 e. The summed E-state index contributed by atoms with van der Waals surface area (Å²) in [4.78, 5) is 0. The SMILES string of the molecule is c1ccc(NC(NCc2ccc(-c3ccccc3)cc2)c2c3ccccc3c(-c3c4ccccc4cc4c3ccc3ccccc34)c3ccccc23)cc1. The lowest BCUT2D eigenvalue weighted by Gasteiger charge is -2.27. The van der Waals surface area contributed by atoms with Crippen LogP contribution in [0, 0.1) is 0 Å². The third-order valence-electron chi connectivity index (χ3n) is 10.9. The van der Waals surface area contributed by atoms with Gasteiger partial charge in [0, 0.05) is 17.8 Å². The van der Waals surface area contributed by atoms with Gasteiger partial charge < -0.3 is 5.32 Å². The summed E-state index contributed by atoms with van der Waals surface area (Å²) in [5.41, 5.74) is 8.55. The van der Waals surface area contributed by atoms with Crippen LogP contribution in [0.5, 0.6) is 0 Å². The summed E-state index contributed by atoms with van der Waals surface area (Å²) in [5.74, 6) is 0. The van der Waals surface area contributed by atoms with Crippen LogP contribution in [0.3, 0.4) is 0 Å². The van der Waals surface area contributed by atoms with Crippen LogP contribution >= 0.6 is 0 Å². The van der Waals surface area contributed by atoms with E-state index in [9.17, 15) is 0 Å². The Morgan fingerprint density at radius 1 is 0.352 bits per heavy atom. The minimum Gasteiger partial charge on any atom is -0.366 e. The summed E-state index contributed by atoms with van der Waals surface area (Å²) in [7, 11) is 0. The molecule has 0 spiro atoms. The Balaban J connectivity index is 1.19. The van der Waals surface area contributed by atoms with E-state index in [0.717, 1.165) is 5.69 Å². The molecule has 0 aromatic heterocycles. The molecule has 0 radical (unpaired) electrons. The Morgan fingerprint density at radius 3 is 1.54 bits per heavy atom. The topological polar surface area (TPSA) is 24.1 Å². The highest BCUT2D eigenvalue weighted by Gasteiger charge is 2.24. The number of rotatable bonds is 8. The van der Waals surface area contributed by atoms with Crippen molar-refractivity contribution >= 4 is 59.5 Å². The van der Waals surface area contributed by atoms with Crippen LogP contribution in [0.25, 0.3) is 76.1 Å². The van der Waals surface area contributed by atoms with Crippen molar-refractivity contribution in [1.29, 1.82) is 0 Å². The van der Waals surface area contributed by atoms with E-state index in [1.54, 1.807) is 0 Å². The quantitative estimate of drug-likeness (QED) is 0.0942. The van der Waals surface area contributed by atoms with Gasteiger partial charge in [0.2, 0.25) is 0 Å². The Kier molecular flexibility index (Phi) is 8.09. The van der Waals surface area contributed by atoms with Crippen LogP contribution in [0.15, 0.2) is 200 Å². The molecule has 10 aromatic carbocycles. The summed E-state index contributed by atoms with van der Waals surface area (Å²) < 4.78 is 0. The predicted octanol–water partition coefficient (Wildman–Crippen LogP) is 13.7. The van der Waals surface area contributed by atoms with Gasteiger partial charge in [-0.15, -0.1) is 0 Å². The minimum absolute atomic E-state index is 0.182. The van der Waals surface area contributed by atoms with E-state index in [4.69, 9.17) is 0 Å². The zero-order valence-electron chi connectivity index (χ0n) is 29.8. The van der Waals surface area contributed by atoms with Crippen LogP contribution in [-0.2, 0) is 6.54 Å². The third-order valence-corrected chi connectivity index (χ3v) is 10.9. The Labute approximate surface area is 315 Å². The maximum atomic E-state index is 3.97. The average molecular weight is 691 g/mol. The molecule has 2 nitrogen and oxygen atoms in total. The van der Waals surface area contributed by atoms with E-state index >= 15 is 0 Å². The normalized spacial score (nSPS) is 12.1. The number of fused-ring (bicyclic) bond motifs is 6. The molecule has 0 amide bonds. The lowest BCUT2D eigenvalue weighted by Crippen LogP contribution is -2.28. The number of benzene rings is 10. The van der Waals surface area contributed by atoms with Crippen LogP contribution in [0.1, 0.15) is 17.3 Å². The van der Waals surface area contributed by atoms with E-state index in [0.29, 0.717) is 6.54 Å². The van der Waals surface area contributed by atoms with Gasteiger partial charge in [-0.25, -0.2) is 0 Å². The molecular formula is C52H38N2. The molecule has 1 atom stereocenters. The molecule has 256 valence electrons. The molecular weight excluding hydrogens is 653 g/mol. The molecule has 0 bridgehead atoms. The van der Waals surface area contributed by atoms with E-state index < -0.39 is 0 Å². The number of anilines is 1. The molecule has 0 heterocycles. The highest BCUT2D eigenvalue weighted by atomic mass is 15.1. The first-order chi connectivity index (χ1) is 26.8. The number of para-hydroxylation sites is 1. The second-order valence-corrected chi connectivity index (χ2v) is 14.1. The van der Waals surface area contributed by atoms with Gasteiger partial charge in [-0.1, -0.05) is 182 Å². The maximum absolute atomic E-state index is 3.97. The van der Waals surface area contributed by atoms with E-state index in [-0.39, 0.29) is 6.17 Å². The van der Waals surface area contributed by atoms with Crippen molar-refractivity contribution < 1.29 is 0 Å². The van der Waals surface area contributed by atoms with Crippen LogP contribution < -0.4 is 10.6 Å². The number of hydrogen-bond donors (Lipinski definition) is 2. The van der Waals surface area contributed by atoms with E-state index in [2.05, 4.69) is 211 Å². The zero-order chi connectivity index (χ0) is 35.8. The van der Waals surface area contributed by atoms with Gasteiger partial charge in [-0.2, -0.15) is 0 Å². The van der Waals surface area contributed by atoms with Gasteiger partial charge in [0.15, 0.2) is 0 Å². The molecule has 2 heteroatoms. The third kappa shape index (κ3) is 5.65. The monoisotopic (exact) mass is 690 g/mol. The van der Waals surface area contributed by atoms with Gasteiger partial charge in [-0.05, 0) is 99.9 Å². The second kappa shape index (κ2) is 13.7. The molecule has 2 N–H and O–H groups in total. The summed E-state index contributed by atoms with van der Waals surface area (Å²) >= 11 is 0. The molecule has 1 unspecified atom stereocenters. The average Bonchev–Trinajstić information content (AvgIpc) is 3.24. The Hall–Kier alpha value is -6.74. The number of hydrogen-bond acceptors (Lipinski definition) is 2. The molecule has 0 saturated heterocycles. The van der Waals surface area contributed by atoms with Gasteiger partial charge >= 0.3 is 0 Å². The van der Waals surface area contributed by atoms with Crippen molar-refractivity contribution in [3.05, 3.63) is 211 Å². The first kappa shape index (κ1) is 32.0. The molecule has 0 aliphatic rings. The highest BCUT2D eigenvalue weighted by Crippen LogP contribution is 2.47. The van der Waals surface area contributed by atoms with Crippen molar-refractivity contribution in [1.82, 2.24) is 5.32 Å². The summed E-state index contributed by atoms with van der Waals surface area (Å²) in [6, 6.07) is 72.7. The van der Waals surface area contributed by atoms with Crippen molar-refractivity contribution in [3.8, 4) is 22.3 Å². The molecule has 0 aliphatic carbocycles. The molecule has 54 heavy (non-hydrogen) atoms. The minimum atomic E-state index is -0.182. The van der Waals surface area contributed by atoms with Crippen molar-refractivity contribution in [2.24, 2.45) is 0 Å². The van der Waals surface area contributed by atoms with Gasteiger partial charge in [0.1, 0.15) is 6.17 Å². The van der Waals surface area contributed by atoms with Gasteiger partial charge in [0.25, 0.3) is 0 Å². The zero-order valence-corrected chi connectivity index (χ0v) is 29.8. The van der Waals surface area contributed by atoms with Crippen LogP contribution in [-0.4, -0.2) is 0 Å². The van der Waals surface area contributed by atoms with E-state index in [1.165, 1.54) is 87.2 Å². The second-order valence-electron chi connectivity index (χ2n) is 14.1. The Morgan fingerprint density at radius 2 is 0.852 bits per heavy atom. The number of nitrogens with one attached hydrogen (secondary N) is 2. The summed E-state index contributed by atoms with van der Waals surface area (Å²) in [6.45, 7) is 0.699. The first-order valence-electron chi connectivity index (χ1n) is 18.8. The van der Waals surface area contributed by atoms with E-state index in [1.807, 2.05) is 0 Å². The van der Waals surface area contributed by atoms with Gasteiger partial charge in [0.05, 0.1) is 0 Å². The van der Waals surface area contributed by atoms with Crippen molar-refractivity contribution in [3.63, 3.8) is 0 Å². The van der Waals surface area contributed by atoms with Crippen molar-refractivity contribution in [2.45, 2.75) is 12.7 Å². The van der Waals surface area contributed by atoms with Gasteiger partial charge in [-0.3, -0.25) is 5.32 Å². The summed E-state index contributed by atoms with van der Waals surface area (Å²) in [5, 5.41) is 20.4. The molecule has 0 saturated carbocycles. The Bertz CT molecular complexity index is 2890. The predicted molar refractivity (Wildman–Crippen MR) is 231 cm³/mol. The standard InChI is InChI=1S/C52H38N2/c1-3-15-36(16-4-1)37-29-27-35(28-30-37)34-53-52(54-40-19-5-2-6-20-40)51-45-25-13-11-23-43(45)50(44-24-12-14-26-46(44)51)49-42-22-10-8-18-39(42)33-48-41-21-9-7-17-38(41)31-32-47(48)49/h1-33,52-54H,34H2. The molecule has 0 fully saturated rings. The fourth-order valence-corrected chi connectivity index (χ4v) is 8.42. The molecule has 10 aromatic rings. The molecule has 0 aliphatic heterocycles. The van der Waals surface area contributed by atoms with Crippen LogP contribution in [0.2, 0.25) is 0 Å². The lowest BCUT2D eigenvalue weighted by atomic mass is 9.83. The summed E-state index contributed by atoms with van der Waals surface area (Å²) in [6.07, 6.45) is -0.182. The first-order valence-corrected chi connectivity index (χ1v) is 18.8. The lowest BCUT2D eigenvalue weighted by molar-refractivity contribution is 0.593. The largest absolute Gasteiger partial charge is 0.366 e. The smallest absolute Gasteiger partial charge is 0.105 e.